The largest absolute Gasteiger partial charge is 0.481 e. The van der Waals surface area contributed by atoms with Gasteiger partial charge < -0.3 is 25.2 Å². The maximum absolute atomic E-state index is 12.4. The Hall–Kier alpha value is -3.39. The van der Waals surface area contributed by atoms with Crippen LogP contribution in [0, 0.1) is 5.92 Å². The summed E-state index contributed by atoms with van der Waals surface area (Å²) in [6.45, 7) is 0.341. The Labute approximate surface area is 198 Å². The molecule has 3 atom stereocenters. The molecular formula is C26H30N2O6. The minimum Gasteiger partial charge on any atom is -0.481 e. The highest BCUT2D eigenvalue weighted by Crippen LogP contribution is 2.44. The third-order valence-electron chi connectivity index (χ3n) is 6.71. The third-order valence-corrected chi connectivity index (χ3v) is 6.71. The second-order valence-corrected chi connectivity index (χ2v) is 8.88. The van der Waals surface area contributed by atoms with E-state index in [-0.39, 0.29) is 37.4 Å². The van der Waals surface area contributed by atoms with E-state index in [0.29, 0.717) is 19.3 Å². The van der Waals surface area contributed by atoms with Crippen molar-refractivity contribution >= 4 is 18.0 Å². The third kappa shape index (κ3) is 5.39. The number of amides is 2. The first-order valence-corrected chi connectivity index (χ1v) is 11.6. The highest BCUT2D eigenvalue weighted by Gasteiger charge is 2.31. The van der Waals surface area contributed by atoms with Gasteiger partial charge in [0.2, 0.25) is 5.91 Å². The zero-order valence-corrected chi connectivity index (χ0v) is 19.2. The molecule has 1 unspecified atom stereocenters. The van der Waals surface area contributed by atoms with E-state index in [1.54, 1.807) is 0 Å². The fourth-order valence-corrected chi connectivity index (χ4v) is 4.92. The van der Waals surface area contributed by atoms with Crippen molar-refractivity contribution in [3.63, 3.8) is 0 Å². The number of methoxy groups -OCH3 is 1. The fourth-order valence-electron chi connectivity index (χ4n) is 4.92. The van der Waals surface area contributed by atoms with Crippen molar-refractivity contribution in [2.24, 2.45) is 5.92 Å². The number of aliphatic carboxylic acids is 1. The van der Waals surface area contributed by atoms with Crippen LogP contribution in [0.5, 0.6) is 0 Å². The van der Waals surface area contributed by atoms with E-state index in [1.165, 1.54) is 7.11 Å². The van der Waals surface area contributed by atoms with Crippen LogP contribution in [0.4, 0.5) is 4.79 Å². The molecule has 1 saturated carbocycles. The summed E-state index contributed by atoms with van der Waals surface area (Å²) in [5.41, 5.74) is 4.60. The van der Waals surface area contributed by atoms with Crippen LogP contribution in [-0.4, -0.2) is 55.5 Å². The molecule has 0 saturated heterocycles. The van der Waals surface area contributed by atoms with Crippen LogP contribution in [0.3, 0.4) is 0 Å². The smallest absolute Gasteiger partial charge is 0.407 e. The molecule has 2 aliphatic carbocycles. The second-order valence-electron chi connectivity index (χ2n) is 8.88. The molecule has 0 aromatic heterocycles. The molecule has 0 aliphatic heterocycles. The van der Waals surface area contributed by atoms with E-state index >= 15 is 0 Å². The first kappa shape index (κ1) is 23.8. The molecule has 0 spiro atoms. The number of carbonyl (C=O) groups excluding carboxylic acids is 2. The predicted octanol–water partition coefficient (Wildman–Crippen LogP) is 3.30. The summed E-state index contributed by atoms with van der Waals surface area (Å²) >= 11 is 0. The summed E-state index contributed by atoms with van der Waals surface area (Å²) in [6.07, 6.45) is 0.641. The molecule has 2 aliphatic rings. The Morgan fingerprint density at radius 2 is 1.68 bits per heavy atom. The van der Waals surface area contributed by atoms with Crippen LogP contribution in [0.2, 0.25) is 0 Å². The second kappa shape index (κ2) is 10.7. The zero-order chi connectivity index (χ0) is 24.1. The van der Waals surface area contributed by atoms with Crippen molar-refractivity contribution in [2.75, 3.05) is 20.3 Å². The van der Waals surface area contributed by atoms with E-state index < -0.39 is 24.1 Å². The quantitative estimate of drug-likeness (QED) is 0.523. The molecule has 8 heteroatoms. The molecule has 3 N–H and O–H groups in total. The van der Waals surface area contributed by atoms with Gasteiger partial charge in [-0.2, -0.15) is 0 Å². The highest BCUT2D eigenvalue weighted by molar-refractivity contribution is 5.79. The molecular weight excluding hydrogens is 436 g/mol. The number of carbonyl (C=O) groups is 3. The van der Waals surface area contributed by atoms with Crippen LogP contribution in [0.25, 0.3) is 11.1 Å². The van der Waals surface area contributed by atoms with E-state index in [1.807, 2.05) is 24.3 Å². The van der Waals surface area contributed by atoms with Gasteiger partial charge in [-0.05, 0) is 41.5 Å². The van der Waals surface area contributed by atoms with Gasteiger partial charge in [0, 0.05) is 25.6 Å². The summed E-state index contributed by atoms with van der Waals surface area (Å²) in [7, 11) is 1.48. The zero-order valence-electron chi connectivity index (χ0n) is 19.2. The molecule has 34 heavy (non-hydrogen) atoms. The Balaban J connectivity index is 1.24. The molecule has 0 bridgehead atoms. The SMILES string of the molecule is COC(CNC(=O)OCC1c2ccccc2-c2ccccc21)CC(=O)N[C@@H]1CC[C@H](C(=O)O)C1. The van der Waals surface area contributed by atoms with Gasteiger partial charge in [-0.15, -0.1) is 0 Å². The first-order valence-electron chi connectivity index (χ1n) is 11.6. The Morgan fingerprint density at radius 3 is 2.26 bits per heavy atom. The molecule has 180 valence electrons. The lowest BCUT2D eigenvalue weighted by Crippen LogP contribution is -2.40. The van der Waals surface area contributed by atoms with Gasteiger partial charge in [0.05, 0.1) is 18.4 Å². The maximum atomic E-state index is 12.4. The molecule has 1 fully saturated rings. The van der Waals surface area contributed by atoms with E-state index in [0.717, 1.165) is 22.3 Å². The van der Waals surface area contributed by atoms with Crippen LogP contribution in [0.1, 0.15) is 42.7 Å². The number of nitrogens with one attached hydrogen (secondary N) is 2. The molecule has 8 nitrogen and oxygen atoms in total. The van der Waals surface area contributed by atoms with Gasteiger partial charge >= 0.3 is 12.1 Å². The molecule has 0 heterocycles. The van der Waals surface area contributed by atoms with Crippen LogP contribution >= 0.6 is 0 Å². The molecule has 2 aromatic carbocycles. The molecule has 2 aromatic rings. The lowest BCUT2D eigenvalue weighted by Gasteiger charge is -2.19. The van der Waals surface area contributed by atoms with E-state index in [4.69, 9.17) is 14.6 Å². The maximum Gasteiger partial charge on any atom is 0.407 e. The Kier molecular flexibility index (Phi) is 7.47. The van der Waals surface area contributed by atoms with Crippen LogP contribution < -0.4 is 10.6 Å². The van der Waals surface area contributed by atoms with Crippen molar-refractivity contribution < 1.29 is 29.0 Å². The molecule has 4 rings (SSSR count). The van der Waals surface area contributed by atoms with Gasteiger partial charge in [-0.25, -0.2) is 4.79 Å². The highest BCUT2D eigenvalue weighted by atomic mass is 16.5. The number of carboxylic acids is 1. The van der Waals surface area contributed by atoms with Gasteiger partial charge in [0.25, 0.3) is 0 Å². The average Bonchev–Trinajstić information content (AvgIpc) is 3.43. The number of hydrogen-bond donors (Lipinski definition) is 3. The topological polar surface area (TPSA) is 114 Å². The van der Waals surface area contributed by atoms with Gasteiger partial charge in [-0.1, -0.05) is 48.5 Å². The number of fused-ring (bicyclic) bond motifs is 3. The van der Waals surface area contributed by atoms with Gasteiger partial charge in [0.15, 0.2) is 0 Å². The Bertz CT molecular complexity index is 1010. The van der Waals surface area contributed by atoms with Crippen LogP contribution in [-0.2, 0) is 19.1 Å². The van der Waals surface area contributed by atoms with Crippen LogP contribution in [0.15, 0.2) is 48.5 Å². The average molecular weight is 467 g/mol. The fraction of sp³-hybridized carbons (Fsp3) is 0.423. The minimum absolute atomic E-state index is 0.0248. The van der Waals surface area contributed by atoms with E-state index in [9.17, 15) is 14.4 Å². The van der Waals surface area contributed by atoms with Gasteiger partial charge in [0.1, 0.15) is 6.61 Å². The molecule has 2 amide bonds. The number of rotatable bonds is 9. The summed E-state index contributed by atoms with van der Waals surface area (Å²) < 4.78 is 10.9. The summed E-state index contributed by atoms with van der Waals surface area (Å²) in [5, 5.41) is 14.6. The number of ether oxygens (including phenoxy) is 2. The number of carboxylic acid groups (broad SMARTS) is 1. The minimum atomic E-state index is -0.821. The summed E-state index contributed by atoms with van der Waals surface area (Å²) in [5.74, 6) is -1.47. The number of benzene rings is 2. The number of hydrogen-bond acceptors (Lipinski definition) is 5. The van der Waals surface area contributed by atoms with Crippen molar-refractivity contribution in [1.82, 2.24) is 10.6 Å². The molecule has 0 radical (unpaired) electrons. The normalized spacial score (nSPS) is 19.7. The number of alkyl carbamates (subject to hydrolysis) is 1. The van der Waals surface area contributed by atoms with Crippen molar-refractivity contribution in [1.29, 1.82) is 0 Å². The van der Waals surface area contributed by atoms with Gasteiger partial charge in [-0.3, -0.25) is 9.59 Å². The van der Waals surface area contributed by atoms with Crippen molar-refractivity contribution in [2.45, 2.75) is 43.7 Å². The Morgan fingerprint density at radius 1 is 1.03 bits per heavy atom. The van der Waals surface area contributed by atoms with Crippen molar-refractivity contribution in [3.8, 4) is 11.1 Å². The summed E-state index contributed by atoms with van der Waals surface area (Å²) in [6, 6.07) is 16.1. The van der Waals surface area contributed by atoms with Crippen molar-refractivity contribution in [3.05, 3.63) is 59.7 Å². The van der Waals surface area contributed by atoms with E-state index in [2.05, 4.69) is 34.9 Å². The predicted molar refractivity (Wildman–Crippen MR) is 125 cm³/mol. The first-order chi connectivity index (χ1) is 16.5. The standard InChI is InChI=1S/C26H30N2O6/c1-33-18(13-24(29)28-17-11-10-16(12-17)25(30)31)14-27-26(32)34-15-23-21-8-4-2-6-19(21)20-7-3-5-9-22(20)23/h2-9,16-18,23H,10-15H2,1H3,(H,27,32)(H,28,29)(H,30,31)/t16-,17+,18?/m0/s1. The summed E-state index contributed by atoms with van der Waals surface area (Å²) in [4.78, 5) is 35.8. The lowest BCUT2D eigenvalue weighted by atomic mass is 9.98. The lowest BCUT2D eigenvalue weighted by molar-refractivity contribution is -0.141. The monoisotopic (exact) mass is 466 g/mol.